The molecule has 0 radical (unpaired) electrons. The Morgan fingerprint density at radius 2 is 2.04 bits per heavy atom. The van der Waals surface area contributed by atoms with Gasteiger partial charge in [0.15, 0.2) is 0 Å². The number of aromatic carboxylic acids is 1. The van der Waals surface area contributed by atoms with Crippen LogP contribution in [0.4, 0.5) is 5.69 Å². The van der Waals surface area contributed by atoms with Crippen LogP contribution in [0.15, 0.2) is 59.0 Å². The van der Waals surface area contributed by atoms with Gasteiger partial charge < -0.3 is 14.8 Å². The van der Waals surface area contributed by atoms with Gasteiger partial charge in [0.2, 0.25) is 0 Å². The summed E-state index contributed by atoms with van der Waals surface area (Å²) in [6.07, 6.45) is 0. The second kappa shape index (κ2) is 6.20. The van der Waals surface area contributed by atoms with Crippen molar-refractivity contribution in [1.82, 2.24) is 0 Å². The SMILES string of the molecule is [2H]/C(=C1\C(=O)Nc2ccc(Cl)cc21)c1ccc(-c2cccc(C(=O)O)c2)o1. The van der Waals surface area contributed by atoms with Crippen molar-refractivity contribution in [3.63, 3.8) is 0 Å². The van der Waals surface area contributed by atoms with Gasteiger partial charge in [0.05, 0.1) is 12.5 Å². The average molecular weight is 367 g/mol. The number of carboxylic acids is 1. The van der Waals surface area contributed by atoms with Crippen LogP contribution in [0, 0.1) is 0 Å². The molecular weight excluding hydrogens is 354 g/mol. The maximum Gasteiger partial charge on any atom is 0.335 e. The Balaban J connectivity index is 1.77. The van der Waals surface area contributed by atoms with Crippen molar-refractivity contribution in [2.24, 2.45) is 0 Å². The van der Waals surface area contributed by atoms with Crippen molar-refractivity contribution < 1.29 is 20.5 Å². The topological polar surface area (TPSA) is 79.5 Å². The smallest absolute Gasteiger partial charge is 0.335 e. The van der Waals surface area contributed by atoms with Gasteiger partial charge in [-0.25, -0.2) is 4.79 Å². The van der Waals surface area contributed by atoms with Crippen LogP contribution in [0.2, 0.25) is 5.02 Å². The lowest BCUT2D eigenvalue weighted by Crippen LogP contribution is -2.03. The highest BCUT2D eigenvalue weighted by atomic mass is 35.5. The van der Waals surface area contributed by atoms with Crippen molar-refractivity contribution >= 4 is 40.8 Å². The third-order valence-electron chi connectivity index (χ3n) is 3.97. The number of halogens is 1. The van der Waals surface area contributed by atoms with Gasteiger partial charge in [0, 0.05) is 21.8 Å². The van der Waals surface area contributed by atoms with Crippen LogP contribution in [-0.4, -0.2) is 17.0 Å². The second-order valence-corrected chi connectivity index (χ2v) is 6.13. The highest BCUT2D eigenvalue weighted by Crippen LogP contribution is 2.35. The van der Waals surface area contributed by atoms with Crippen molar-refractivity contribution in [2.75, 3.05) is 5.32 Å². The summed E-state index contributed by atoms with van der Waals surface area (Å²) in [6.45, 7) is 0. The van der Waals surface area contributed by atoms with Gasteiger partial charge in [-0.3, -0.25) is 4.79 Å². The number of carbonyl (C=O) groups excluding carboxylic acids is 1. The molecule has 128 valence electrons. The lowest BCUT2D eigenvalue weighted by atomic mass is 10.1. The van der Waals surface area contributed by atoms with Gasteiger partial charge in [0.25, 0.3) is 5.91 Å². The second-order valence-electron chi connectivity index (χ2n) is 5.69. The van der Waals surface area contributed by atoms with Gasteiger partial charge in [-0.1, -0.05) is 23.7 Å². The number of carboxylic acid groups (broad SMARTS) is 1. The van der Waals surface area contributed by atoms with E-state index in [4.69, 9.17) is 22.5 Å². The zero-order valence-corrected chi connectivity index (χ0v) is 14.0. The molecule has 1 amide bonds. The Kier molecular flexibility index (Phi) is 3.57. The zero-order valence-electron chi connectivity index (χ0n) is 14.2. The van der Waals surface area contributed by atoms with Crippen molar-refractivity contribution in [1.29, 1.82) is 0 Å². The Labute approximate surface area is 154 Å². The Hall–Kier alpha value is -3.31. The van der Waals surface area contributed by atoms with E-state index in [1.165, 1.54) is 12.1 Å². The molecule has 6 heteroatoms. The van der Waals surface area contributed by atoms with E-state index in [1.807, 2.05) is 0 Å². The van der Waals surface area contributed by atoms with Crippen molar-refractivity contribution in [3.8, 4) is 11.3 Å². The highest BCUT2D eigenvalue weighted by Gasteiger charge is 2.24. The molecule has 1 aromatic heterocycles. The molecule has 0 spiro atoms. The summed E-state index contributed by atoms with van der Waals surface area (Å²) in [5, 5.41) is 12.3. The van der Waals surface area contributed by atoms with Crippen LogP contribution in [0.1, 0.15) is 23.1 Å². The maximum absolute atomic E-state index is 12.3. The number of furan rings is 1. The highest BCUT2D eigenvalue weighted by molar-refractivity contribution is 6.36. The first-order valence-electron chi connectivity index (χ1n) is 8.20. The van der Waals surface area contributed by atoms with Crippen LogP contribution in [-0.2, 0) is 4.79 Å². The van der Waals surface area contributed by atoms with Gasteiger partial charge >= 0.3 is 5.97 Å². The number of benzene rings is 2. The molecule has 0 unspecified atom stereocenters. The third-order valence-corrected chi connectivity index (χ3v) is 4.21. The van der Waals surface area contributed by atoms with Crippen LogP contribution < -0.4 is 5.32 Å². The summed E-state index contributed by atoms with van der Waals surface area (Å²) in [4.78, 5) is 23.4. The number of hydrogen-bond donors (Lipinski definition) is 2. The predicted molar refractivity (Wildman–Crippen MR) is 99.1 cm³/mol. The molecule has 1 aliphatic heterocycles. The third kappa shape index (κ3) is 2.89. The molecule has 0 bridgehead atoms. The molecule has 3 aromatic rings. The molecule has 0 saturated heterocycles. The minimum atomic E-state index is -1.04. The fourth-order valence-corrected chi connectivity index (χ4v) is 2.92. The van der Waals surface area contributed by atoms with Crippen LogP contribution in [0.25, 0.3) is 22.9 Å². The Bertz CT molecular complexity index is 1130. The Morgan fingerprint density at radius 3 is 2.85 bits per heavy atom. The molecule has 2 heterocycles. The molecule has 5 nitrogen and oxygen atoms in total. The van der Waals surface area contributed by atoms with E-state index in [1.54, 1.807) is 42.5 Å². The summed E-state index contributed by atoms with van der Waals surface area (Å²) in [7, 11) is 0. The molecule has 4 rings (SSSR count). The molecular formula is C20H12ClNO4. The van der Waals surface area contributed by atoms with E-state index in [0.717, 1.165) is 0 Å². The summed E-state index contributed by atoms with van der Waals surface area (Å²) < 4.78 is 14.1. The van der Waals surface area contributed by atoms with E-state index >= 15 is 0 Å². The molecule has 0 saturated carbocycles. The van der Waals surface area contributed by atoms with E-state index < -0.39 is 11.9 Å². The van der Waals surface area contributed by atoms with Gasteiger partial charge in [-0.15, -0.1) is 0 Å². The van der Waals surface area contributed by atoms with Gasteiger partial charge in [0.1, 0.15) is 11.5 Å². The minimum absolute atomic E-state index is 0.0749. The molecule has 1 aliphatic rings. The maximum atomic E-state index is 12.3. The lowest BCUT2D eigenvalue weighted by molar-refractivity contribution is -0.110. The fourth-order valence-electron chi connectivity index (χ4n) is 2.75. The molecule has 2 aromatic carbocycles. The molecule has 2 N–H and O–H groups in total. The average Bonchev–Trinajstić information content (AvgIpc) is 3.25. The van der Waals surface area contributed by atoms with E-state index in [9.17, 15) is 9.59 Å². The number of carbonyl (C=O) groups is 2. The number of fused-ring (bicyclic) bond motifs is 1. The van der Waals surface area contributed by atoms with E-state index in [-0.39, 0.29) is 22.9 Å². The van der Waals surface area contributed by atoms with Crippen LogP contribution in [0.3, 0.4) is 0 Å². The first-order valence-corrected chi connectivity index (χ1v) is 8.08. The minimum Gasteiger partial charge on any atom is -0.478 e. The molecule has 0 atom stereocenters. The summed E-state index contributed by atoms with van der Waals surface area (Å²) >= 11 is 6.02. The number of rotatable bonds is 3. The summed E-state index contributed by atoms with van der Waals surface area (Å²) in [5.74, 6) is -0.835. The predicted octanol–water partition coefficient (Wildman–Crippen LogP) is 4.79. The summed E-state index contributed by atoms with van der Waals surface area (Å²) in [5.41, 5.74) is 2.01. The Morgan fingerprint density at radius 1 is 1.19 bits per heavy atom. The lowest BCUT2D eigenvalue weighted by Gasteiger charge is -2.00. The van der Waals surface area contributed by atoms with Crippen LogP contribution in [0.5, 0.6) is 0 Å². The fraction of sp³-hybridized carbons (Fsp3) is 0. The van der Waals surface area contributed by atoms with E-state index in [0.29, 0.717) is 27.6 Å². The number of anilines is 1. The van der Waals surface area contributed by atoms with Crippen molar-refractivity contribution in [2.45, 2.75) is 0 Å². The number of hydrogen-bond acceptors (Lipinski definition) is 3. The molecule has 0 aliphatic carbocycles. The molecule has 0 fully saturated rings. The van der Waals surface area contributed by atoms with Crippen LogP contribution >= 0.6 is 11.6 Å². The first-order chi connectivity index (χ1) is 12.9. The van der Waals surface area contributed by atoms with Gasteiger partial charge in [-0.2, -0.15) is 0 Å². The summed E-state index contributed by atoms with van der Waals surface area (Å²) in [6, 6.07) is 14.4. The quantitative estimate of drug-likeness (QED) is 0.653. The molecule has 26 heavy (non-hydrogen) atoms. The first kappa shape index (κ1) is 15.0. The van der Waals surface area contributed by atoms with E-state index in [2.05, 4.69) is 5.32 Å². The standard InChI is InChI=1S/C20H12ClNO4/c21-13-4-6-17-15(9-13)16(19(23)22-17)10-14-5-7-18(26-14)11-2-1-3-12(8-11)20(24)25/h1-10H,(H,22,23)(H,24,25)/b16-10+/i10D. The zero-order chi connectivity index (χ0) is 19.1. The normalized spacial score (nSPS) is 15.3. The van der Waals surface area contributed by atoms with Crippen molar-refractivity contribution in [3.05, 3.63) is 76.5 Å². The number of nitrogens with one attached hydrogen (secondary N) is 1. The van der Waals surface area contributed by atoms with Gasteiger partial charge in [-0.05, 0) is 48.5 Å². The number of amides is 1. The largest absolute Gasteiger partial charge is 0.478 e. The monoisotopic (exact) mass is 366 g/mol.